The molecule has 0 radical (unpaired) electrons. The lowest BCUT2D eigenvalue weighted by atomic mass is 10.1. The average Bonchev–Trinajstić information content (AvgIpc) is 3.31. The standard InChI is InChI=1S/C21H19N3O5S2/c1-28-14-4-2-3-12(7-14)18-22-23-21(29-18)31-9-13-8-16(25)24-15(20(26)27)10-30-19(24)17(13)11-5-6-11/h2-4,7-8,11,15H,5-6,9-10H2,1H3,(H,26,27). The summed E-state index contributed by atoms with van der Waals surface area (Å²) < 4.78 is 12.5. The van der Waals surface area contributed by atoms with Crippen molar-refractivity contribution in [3.05, 3.63) is 51.8 Å². The van der Waals surface area contributed by atoms with Gasteiger partial charge in [-0.25, -0.2) is 4.79 Å². The highest BCUT2D eigenvalue weighted by atomic mass is 32.2. The topological polar surface area (TPSA) is 107 Å². The van der Waals surface area contributed by atoms with Crippen molar-refractivity contribution in [2.45, 2.75) is 40.8 Å². The maximum absolute atomic E-state index is 12.7. The summed E-state index contributed by atoms with van der Waals surface area (Å²) in [5.41, 5.74) is 2.52. The van der Waals surface area contributed by atoms with E-state index >= 15 is 0 Å². The van der Waals surface area contributed by atoms with Crippen molar-refractivity contribution in [1.29, 1.82) is 0 Å². The Morgan fingerprint density at radius 2 is 2.19 bits per heavy atom. The number of pyridine rings is 1. The molecular formula is C21H19N3O5S2. The van der Waals surface area contributed by atoms with Crippen molar-refractivity contribution in [3.8, 4) is 17.2 Å². The molecule has 1 aliphatic heterocycles. The lowest BCUT2D eigenvalue weighted by Crippen LogP contribution is -2.29. The number of hydrogen-bond donors (Lipinski definition) is 1. The van der Waals surface area contributed by atoms with Gasteiger partial charge in [0.1, 0.15) is 11.8 Å². The van der Waals surface area contributed by atoms with E-state index in [-0.39, 0.29) is 5.56 Å². The first-order valence-corrected chi connectivity index (χ1v) is 11.8. The van der Waals surface area contributed by atoms with Crippen LogP contribution in [0, 0.1) is 0 Å². The molecule has 1 saturated carbocycles. The molecule has 10 heteroatoms. The maximum atomic E-state index is 12.7. The minimum atomic E-state index is -0.965. The number of fused-ring (bicyclic) bond motifs is 1. The van der Waals surface area contributed by atoms with Crippen molar-refractivity contribution in [2.75, 3.05) is 12.9 Å². The molecule has 0 spiro atoms. The number of ether oxygens (including phenoxy) is 1. The second-order valence-electron chi connectivity index (χ2n) is 7.43. The molecule has 5 rings (SSSR count). The van der Waals surface area contributed by atoms with Crippen LogP contribution in [-0.2, 0) is 10.5 Å². The Morgan fingerprint density at radius 3 is 2.94 bits per heavy atom. The van der Waals surface area contributed by atoms with Gasteiger partial charge in [-0.05, 0) is 48.1 Å². The van der Waals surface area contributed by atoms with E-state index in [4.69, 9.17) is 9.15 Å². The molecular weight excluding hydrogens is 438 g/mol. The number of hydrogen-bond acceptors (Lipinski definition) is 8. The van der Waals surface area contributed by atoms with Crippen LogP contribution in [0.2, 0.25) is 0 Å². The molecule has 1 fully saturated rings. The van der Waals surface area contributed by atoms with Gasteiger partial charge in [0.05, 0.1) is 12.1 Å². The molecule has 160 valence electrons. The molecule has 3 aromatic rings. The average molecular weight is 458 g/mol. The Balaban J connectivity index is 1.40. The molecule has 1 aliphatic carbocycles. The van der Waals surface area contributed by atoms with Gasteiger partial charge in [-0.3, -0.25) is 9.36 Å². The fourth-order valence-corrected chi connectivity index (χ4v) is 5.90. The molecule has 0 amide bonds. The third kappa shape index (κ3) is 3.85. The minimum Gasteiger partial charge on any atom is -0.497 e. The van der Waals surface area contributed by atoms with Gasteiger partial charge in [0.25, 0.3) is 10.8 Å². The van der Waals surface area contributed by atoms with E-state index in [1.807, 2.05) is 24.3 Å². The summed E-state index contributed by atoms with van der Waals surface area (Å²) in [6.45, 7) is 0. The van der Waals surface area contributed by atoms with Crippen LogP contribution in [0.3, 0.4) is 0 Å². The van der Waals surface area contributed by atoms with Crippen molar-refractivity contribution in [3.63, 3.8) is 0 Å². The van der Waals surface area contributed by atoms with Crippen LogP contribution in [-0.4, -0.2) is 38.7 Å². The van der Waals surface area contributed by atoms with E-state index in [0.717, 1.165) is 34.6 Å². The minimum absolute atomic E-state index is 0.269. The SMILES string of the molecule is COc1cccc(-c2nnc(SCc3cc(=O)n4c(c3C3CC3)SCC4C(=O)O)o2)c1. The maximum Gasteiger partial charge on any atom is 0.327 e. The summed E-state index contributed by atoms with van der Waals surface area (Å²) in [7, 11) is 1.60. The van der Waals surface area contributed by atoms with Gasteiger partial charge in [-0.1, -0.05) is 17.8 Å². The summed E-state index contributed by atoms with van der Waals surface area (Å²) in [6, 6.07) is 8.16. The van der Waals surface area contributed by atoms with E-state index in [9.17, 15) is 14.7 Å². The van der Waals surface area contributed by atoms with Crippen LogP contribution in [0.5, 0.6) is 5.75 Å². The summed E-state index contributed by atoms with van der Waals surface area (Å²) >= 11 is 2.84. The van der Waals surface area contributed by atoms with Crippen molar-refractivity contribution in [1.82, 2.24) is 14.8 Å². The third-order valence-corrected chi connectivity index (χ3v) is 7.40. The van der Waals surface area contributed by atoms with E-state index in [0.29, 0.717) is 34.3 Å². The number of aromatic nitrogens is 3. The highest BCUT2D eigenvalue weighted by Crippen LogP contribution is 2.49. The van der Waals surface area contributed by atoms with Crippen molar-refractivity contribution < 1.29 is 19.1 Å². The highest BCUT2D eigenvalue weighted by molar-refractivity contribution is 7.99. The third-order valence-electron chi connectivity index (χ3n) is 5.36. The summed E-state index contributed by atoms with van der Waals surface area (Å²) in [6.07, 6.45) is 2.11. The Morgan fingerprint density at radius 1 is 1.35 bits per heavy atom. The van der Waals surface area contributed by atoms with Crippen LogP contribution in [0.1, 0.15) is 35.9 Å². The van der Waals surface area contributed by atoms with Gasteiger partial charge in [-0.2, -0.15) is 0 Å². The van der Waals surface area contributed by atoms with E-state index in [1.54, 1.807) is 13.2 Å². The predicted octanol–water partition coefficient (Wildman–Crippen LogP) is 3.81. The normalized spacial score (nSPS) is 17.5. The van der Waals surface area contributed by atoms with E-state index < -0.39 is 12.0 Å². The second kappa shape index (κ2) is 8.08. The smallest absolute Gasteiger partial charge is 0.327 e. The number of rotatable bonds is 7. The molecule has 1 unspecified atom stereocenters. The van der Waals surface area contributed by atoms with Gasteiger partial charge in [0.15, 0.2) is 0 Å². The fourth-order valence-electron chi connectivity index (χ4n) is 3.73. The first-order chi connectivity index (χ1) is 15.0. The monoisotopic (exact) mass is 457 g/mol. The zero-order valence-corrected chi connectivity index (χ0v) is 18.2. The largest absolute Gasteiger partial charge is 0.497 e. The lowest BCUT2D eigenvalue weighted by molar-refractivity contribution is -0.140. The zero-order valence-electron chi connectivity index (χ0n) is 16.6. The Hall–Kier alpha value is -2.72. The number of benzene rings is 1. The number of carboxylic acid groups (broad SMARTS) is 1. The molecule has 1 N–H and O–H groups in total. The molecule has 0 saturated heterocycles. The van der Waals surface area contributed by atoms with Crippen LogP contribution in [0.25, 0.3) is 11.5 Å². The number of aliphatic carboxylic acids is 1. The van der Waals surface area contributed by atoms with Crippen LogP contribution in [0.15, 0.2) is 49.8 Å². The molecule has 0 bridgehead atoms. The second-order valence-corrected chi connectivity index (χ2v) is 9.37. The number of thioether (sulfide) groups is 2. The van der Waals surface area contributed by atoms with E-state index in [1.165, 1.54) is 28.1 Å². The van der Waals surface area contributed by atoms with Crippen molar-refractivity contribution >= 4 is 29.5 Å². The molecule has 8 nitrogen and oxygen atoms in total. The Labute approximate surface area is 186 Å². The number of carbonyl (C=O) groups is 1. The fraction of sp³-hybridized carbons (Fsp3) is 0.333. The molecule has 1 aromatic carbocycles. The van der Waals surface area contributed by atoms with Gasteiger partial charge in [0.2, 0.25) is 5.89 Å². The first kappa shape index (κ1) is 20.2. The van der Waals surface area contributed by atoms with Crippen LogP contribution >= 0.6 is 23.5 Å². The quantitative estimate of drug-likeness (QED) is 0.530. The predicted molar refractivity (Wildman–Crippen MR) is 116 cm³/mol. The van der Waals surface area contributed by atoms with Crippen LogP contribution in [0.4, 0.5) is 0 Å². The summed E-state index contributed by atoms with van der Waals surface area (Å²) in [5, 5.41) is 18.9. The number of methoxy groups -OCH3 is 1. The number of carboxylic acids is 1. The Kier molecular flexibility index (Phi) is 5.27. The molecule has 1 atom stereocenters. The molecule has 2 aliphatic rings. The summed E-state index contributed by atoms with van der Waals surface area (Å²) in [4.78, 5) is 24.3. The molecule has 3 heterocycles. The number of nitrogens with zero attached hydrogens (tertiary/aromatic N) is 3. The van der Waals surface area contributed by atoms with Crippen LogP contribution < -0.4 is 10.3 Å². The highest BCUT2D eigenvalue weighted by Gasteiger charge is 2.37. The zero-order chi connectivity index (χ0) is 21.5. The first-order valence-electron chi connectivity index (χ1n) is 9.80. The lowest BCUT2D eigenvalue weighted by Gasteiger charge is -2.15. The Bertz CT molecular complexity index is 1220. The molecule has 31 heavy (non-hydrogen) atoms. The van der Waals surface area contributed by atoms with Gasteiger partial charge >= 0.3 is 5.97 Å². The van der Waals surface area contributed by atoms with Gasteiger partial charge in [-0.15, -0.1) is 22.0 Å². The van der Waals surface area contributed by atoms with Crippen molar-refractivity contribution in [2.24, 2.45) is 0 Å². The summed E-state index contributed by atoms with van der Waals surface area (Å²) in [5.74, 6) is 1.41. The van der Waals surface area contributed by atoms with Gasteiger partial charge < -0.3 is 14.3 Å². The van der Waals surface area contributed by atoms with E-state index in [2.05, 4.69) is 10.2 Å². The van der Waals surface area contributed by atoms with Gasteiger partial charge in [0, 0.05) is 23.1 Å². The molecule has 2 aromatic heterocycles.